The van der Waals surface area contributed by atoms with Gasteiger partial charge >= 0.3 is 5.97 Å². The number of alkyl halides is 2. The van der Waals surface area contributed by atoms with Gasteiger partial charge in [0.15, 0.2) is 11.3 Å². The quantitative estimate of drug-likeness (QED) is 0.471. The number of esters is 1. The molecule has 2 aromatic heterocycles. The van der Waals surface area contributed by atoms with Gasteiger partial charge in [-0.15, -0.1) is 10.2 Å². The minimum Gasteiger partial charge on any atom is -0.462 e. The zero-order valence-electron chi connectivity index (χ0n) is 16.6. The smallest absolute Gasteiger partial charge is 0.344 e. The van der Waals surface area contributed by atoms with E-state index >= 15 is 0 Å². The van der Waals surface area contributed by atoms with E-state index in [-0.39, 0.29) is 29.4 Å². The molecule has 0 saturated heterocycles. The first kappa shape index (κ1) is 22.9. The standard InChI is InChI=1S/C20H18Cl2F2N4O3/c1-3-28-12(9-27-10-25-26-19(27)18(23)24)8-15(29)16(20(30)31-4-2)17(28)11-5-6-13(21)14(22)7-11/h5-8,10,18H,3-4,9H2,1-2H3. The molecule has 0 aliphatic rings. The Kier molecular flexibility index (Phi) is 7.07. The SMILES string of the molecule is CCOC(=O)c1c(-c2ccc(Cl)c(Cl)c2)n(CC)c(Cn2cnnc2C(F)F)cc1=O. The van der Waals surface area contributed by atoms with Gasteiger partial charge in [0.25, 0.3) is 6.43 Å². The highest BCUT2D eigenvalue weighted by molar-refractivity contribution is 6.42. The second-order valence-corrected chi connectivity index (χ2v) is 7.25. The summed E-state index contributed by atoms with van der Waals surface area (Å²) in [6.45, 7) is 3.72. The van der Waals surface area contributed by atoms with E-state index in [2.05, 4.69) is 10.2 Å². The molecule has 7 nitrogen and oxygen atoms in total. The van der Waals surface area contributed by atoms with Gasteiger partial charge in [0.2, 0.25) is 0 Å². The molecule has 0 aliphatic carbocycles. The Balaban J connectivity index is 2.28. The van der Waals surface area contributed by atoms with Crippen molar-refractivity contribution in [3.05, 3.63) is 67.9 Å². The number of ether oxygens (including phenoxy) is 1. The van der Waals surface area contributed by atoms with Crippen LogP contribution in [0.5, 0.6) is 0 Å². The summed E-state index contributed by atoms with van der Waals surface area (Å²) >= 11 is 12.2. The minimum atomic E-state index is -2.84. The normalized spacial score (nSPS) is 11.2. The Bertz CT molecular complexity index is 1180. The van der Waals surface area contributed by atoms with Crippen molar-refractivity contribution in [2.45, 2.75) is 33.4 Å². The van der Waals surface area contributed by atoms with Crippen LogP contribution < -0.4 is 5.43 Å². The van der Waals surface area contributed by atoms with Crippen LogP contribution in [-0.2, 0) is 17.8 Å². The number of nitrogens with zero attached hydrogens (tertiary/aromatic N) is 4. The van der Waals surface area contributed by atoms with Crippen LogP contribution in [0.2, 0.25) is 10.0 Å². The lowest BCUT2D eigenvalue weighted by Crippen LogP contribution is -2.26. The van der Waals surface area contributed by atoms with Crippen LogP contribution in [0.15, 0.2) is 35.4 Å². The fourth-order valence-electron chi connectivity index (χ4n) is 3.26. The Morgan fingerprint density at radius 3 is 2.55 bits per heavy atom. The molecule has 0 fully saturated rings. The fraction of sp³-hybridized carbons (Fsp3) is 0.300. The summed E-state index contributed by atoms with van der Waals surface area (Å²) < 4.78 is 34.4. The Morgan fingerprint density at radius 1 is 1.19 bits per heavy atom. The third kappa shape index (κ3) is 4.62. The average molecular weight is 471 g/mol. The number of benzene rings is 1. The number of rotatable bonds is 7. The topological polar surface area (TPSA) is 79.0 Å². The van der Waals surface area contributed by atoms with Crippen molar-refractivity contribution in [1.29, 1.82) is 0 Å². The van der Waals surface area contributed by atoms with Gasteiger partial charge in [-0.05, 0) is 26.0 Å². The predicted octanol–water partition coefficient (Wildman–Crippen LogP) is 4.60. The molecule has 3 rings (SSSR count). The average Bonchev–Trinajstić information content (AvgIpc) is 3.18. The van der Waals surface area contributed by atoms with Gasteiger partial charge in [0, 0.05) is 23.9 Å². The second-order valence-electron chi connectivity index (χ2n) is 6.43. The van der Waals surface area contributed by atoms with Crippen LogP contribution in [0.25, 0.3) is 11.3 Å². The van der Waals surface area contributed by atoms with E-state index in [1.165, 1.54) is 12.1 Å². The predicted molar refractivity (Wildman–Crippen MR) is 112 cm³/mol. The van der Waals surface area contributed by atoms with Gasteiger partial charge < -0.3 is 13.9 Å². The molecule has 0 spiro atoms. The highest BCUT2D eigenvalue weighted by atomic mass is 35.5. The van der Waals surface area contributed by atoms with Crippen molar-refractivity contribution >= 4 is 29.2 Å². The van der Waals surface area contributed by atoms with Crippen LogP contribution in [0.4, 0.5) is 8.78 Å². The molecule has 11 heteroatoms. The van der Waals surface area contributed by atoms with E-state index < -0.39 is 23.6 Å². The van der Waals surface area contributed by atoms with Gasteiger partial charge in [0.05, 0.1) is 28.9 Å². The molecular weight excluding hydrogens is 453 g/mol. The van der Waals surface area contributed by atoms with Crippen molar-refractivity contribution < 1.29 is 18.3 Å². The number of carbonyl (C=O) groups excluding carboxylic acids is 1. The van der Waals surface area contributed by atoms with Crippen LogP contribution >= 0.6 is 23.2 Å². The number of hydrogen-bond donors (Lipinski definition) is 0. The van der Waals surface area contributed by atoms with E-state index in [9.17, 15) is 18.4 Å². The Morgan fingerprint density at radius 2 is 1.94 bits per heavy atom. The molecule has 0 atom stereocenters. The first-order chi connectivity index (χ1) is 14.8. The van der Waals surface area contributed by atoms with Crippen molar-refractivity contribution in [2.75, 3.05) is 6.61 Å². The zero-order chi connectivity index (χ0) is 22.7. The second kappa shape index (κ2) is 9.57. The summed E-state index contributed by atoms with van der Waals surface area (Å²) in [5, 5.41) is 7.49. The van der Waals surface area contributed by atoms with E-state index in [1.807, 2.05) is 0 Å². The third-order valence-electron chi connectivity index (χ3n) is 4.56. The molecule has 1 aromatic carbocycles. The third-order valence-corrected chi connectivity index (χ3v) is 5.30. The monoisotopic (exact) mass is 470 g/mol. The van der Waals surface area contributed by atoms with E-state index in [1.54, 1.807) is 30.5 Å². The van der Waals surface area contributed by atoms with Gasteiger partial charge in [-0.2, -0.15) is 0 Å². The van der Waals surface area contributed by atoms with E-state index in [0.29, 0.717) is 22.8 Å². The maximum atomic E-state index is 13.2. The molecule has 0 radical (unpaired) electrons. The molecule has 164 valence electrons. The van der Waals surface area contributed by atoms with Crippen molar-refractivity contribution in [2.24, 2.45) is 0 Å². The Hall–Kier alpha value is -2.78. The molecule has 0 aliphatic heterocycles. The summed E-state index contributed by atoms with van der Waals surface area (Å²) in [5.74, 6) is -1.32. The minimum absolute atomic E-state index is 0.0748. The van der Waals surface area contributed by atoms with E-state index in [4.69, 9.17) is 27.9 Å². The summed E-state index contributed by atoms with van der Waals surface area (Å²) in [6, 6.07) is 5.91. The maximum Gasteiger partial charge on any atom is 0.344 e. The molecule has 0 unspecified atom stereocenters. The Labute approximate surface area is 186 Å². The van der Waals surface area contributed by atoms with Gasteiger partial charge in [-0.25, -0.2) is 13.6 Å². The molecule has 3 aromatic rings. The molecule has 0 saturated carbocycles. The molecular formula is C20H18Cl2F2N4O3. The number of halogens is 4. The summed E-state index contributed by atoms with van der Waals surface area (Å²) in [6.07, 6.45) is -1.68. The van der Waals surface area contributed by atoms with Crippen molar-refractivity contribution in [3.63, 3.8) is 0 Å². The van der Waals surface area contributed by atoms with Gasteiger partial charge in [0.1, 0.15) is 11.9 Å². The fourth-order valence-corrected chi connectivity index (χ4v) is 3.56. The number of hydrogen-bond acceptors (Lipinski definition) is 5. The highest BCUT2D eigenvalue weighted by Crippen LogP contribution is 2.31. The number of carbonyl (C=O) groups is 1. The summed E-state index contributed by atoms with van der Waals surface area (Å²) in [7, 11) is 0. The van der Waals surface area contributed by atoms with Crippen molar-refractivity contribution in [1.82, 2.24) is 19.3 Å². The van der Waals surface area contributed by atoms with Crippen LogP contribution in [0.1, 0.15) is 42.1 Å². The highest BCUT2D eigenvalue weighted by Gasteiger charge is 2.25. The summed E-state index contributed by atoms with van der Waals surface area (Å²) in [4.78, 5) is 25.6. The van der Waals surface area contributed by atoms with Gasteiger partial charge in [-0.3, -0.25) is 4.79 Å². The van der Waals surface area contributed by atoms with Gasteiger partial charge in [-0.1, -0.05) is 29.3 Å². The first-order valence-corrected chi connectivity index (χ1v) is 10.1. The molecule has 0 N–H and O–H groups in total. The largest absolute Gasteiger partial charge is 0.462 e. The molecule has 2 heterocycles. The lowest BCUT2D eigenvalue weighted by atomic mass is 10.0. The maximum absolute atomic E-state index is 13.2. The lowest BCUT2D eigenvalue weighted by Gasteiger charge is -2.21. The van der Waals surface area contributed by atoms with Crippen LogP contribution in [-0.4, -0.2) is 31.9 Å². The van der Waals surface area contributed by atoms with E-state index in [0.717, 1.165) is 10.9 Å². The first-order valence-electron chi connectivity index (χ1n) is 9.33. The van der Waals surface area contributed by atoms with Crippen molar-refractivity contribution in [3.8, 4) is 11.3 Å². The van der Waals surface area contributed by atoms with Crippen LogP contribution in [0, 0.1) is 0 Å². The molecule has 0 amide bonds. The van der Waals surface area contributed by atoms with Crippen LogP contribution in [0.3, 0.4) is 0 Å². The molecule has 31 heavy (non-hydrogen) atoms. The zero-order valence-corrected chi connectivity index (χ0v) is 18.1. The molecule has 0 bridgehead atoms. The summed E-state index contributed by atoms with van der Waals surface area (Å²) in [5.41, 5.74) is 0.308. The number of aromatic nitrogens is 4. The lowest BCUT2D eigenvalue weighted by molar-refractivity contribution is 0.0525. The number of pyridine rings is 1.